The lowest BCUT2D eigenvalue weighted by Gasteiger charge is -2.34. The Hall–Kier alpha value is -3.22. The summed E-state index contributed by atoms with van der Waals surface area (Å²) in [6.45, 7) is 4.12. The summed E-state index contributed by atoms with van der Waals surface area (Å²) >= 11 is 0. The monoisotopic (exact) mass is 426 g/mol. The minimum absolute atomic E-state index is 0.0105. The highest BCUT2D eigenvalue weighted by atomic mass is 16.5. The van der Waals surface area contributed by atoms with E-state index in [-0.39, 0.29) is 24.8 Å². The molecule has 1 aliphatic rings. The number of piperazine rings is 1. The second-order valence-corrected chi connectivity index (χ2v) is 7.38. The Balaban J connectivity index is 1.48. The van der Waals surface area contributed by atoms with E-state index in [4.69, 9.17) is 14.2 Å². The van der Waals surface area contributed by atoms with Crippen molar-refractivity contribution in [3.05, 3.63) is 53.6 Å². The predicted octanol–water partition coefficient (Wildman–Crippen LogP) is 2.56. The molecule has 1 saturated heterocycles. The normalized spacial score (nSPS) is 13.6. The fraction of sp³-hybridized carbons (Fsp3) is 0.417. The standard InChI is InChI=1S/C24H30N2O5/c1-4-19-7-5-6-8-20(19)31-17-24(28)26-13-11-25(12-14-26)23(27)16-18-9-10-21(29-2)22(15-18)30-3/h5-10,15H,4,11-14,16-17H2,1-3H3. The van der Waals surface area contributed by atoms with Crippen molar-refractivity contribution in [1.82, 2.24) is 9.80 Å². The lowest BCUT2D eigenvalue weighted by molar-refractivity contribution is -0.140. The third kappa shape index (κ3) is 5.69. The van der Waals surface area contributed by atoms with Gasteiger partial charge >= 0.3 is 0 Å². The number of ether oxygens (including phenoxy) is 3. The highest BCUT2D eigenvalue weighted by Crippen LogP contribution is 2.28. The van der Waals surface area contributed by atoms with Crippen molar-refractivity contribution >= 4 is 11.8 Å². The fourth-order valence-electron chi connectivity index (χ4n) is 3.65. The van der Waals surface area contributed by atoms with Crippen LogP contribution in [0.25, 0.3) is 0 Å². The predicted molar refractivity (Wildman–Crippen MR) is 118 cm³/mol. The van der Waals surface area contributed by atoms with Crippen LogP contribution >= 0.6 is 0 Å². The van der Waals surface area contributed by atoms with Gasteiger partial charge in [0.2, 0.25) is 5.91 Å². The van der Waals surface area contributed by atoms with E-state index in [9.17, 15) is 9.59 Å². The lowest BCUT2D eigenvalue weighted by atomic mass is 10.1. The number of methoxy groups -OCH3 is 2. The van der Waals surface area contributed by atoms with Gasteiger partial charge in [-0.25, -0.2) is 0 Å². The van der Waals surface area contributed by atoms with E-state index in [1.54, 1.807) is 30.1 Å². The number of carbonyl (C=O) groups excluding carboxylic acids is 2. The second-order valence-electron chi connectivity index (χ2n) is 7.38. The van der Waals surface area contributed by atoms with Gasteiger partial charge in [-0.3, -0.25) is 9.59 Å². The smallest absolute Gasteiger partial charge is 0.260 e. The van der Waals surface area contributed by atoms with Gasteiger partial charge in [-0.2, -0.15) is 0 Å². The molecule has 0 atom stereocenters. The molecule has 0 N–H and O–H groups in total. The Morgan fingerprint density at radius 1 is 0.839 bits per heavy atom. The highest BCUT2D eigenvalue weighted by molar-refractivity contribution is 5.80. The maximum atomic E-state index is 12.7. The number of nitrogens with zero attached hydrogens (tertiary/aromatic N) is 2. The van der Waals surface area contributed by atoms with Crippen LogP contribution in [0.3, 0.4) is 0 Å². The van der Waals surface area contributed by atoms with Crippen molar-refractivity contribution in [2.45, 2.75) is 19.8 Å². The van der Waals surface area contributed by atoms with Crippen molar-refractivity contribution in [2.75, 3.05) is 47.0 Å². The van der Waals surface area contributed by atoms with Crippen LogP contribution in [0.2, 0.25) is 0 Å². The van der Waals surface area contributed by atoms with Crippen LogP contribution in [0.4, 0.5) is 0 Å². The topological polar surface area (TPSA) is 68.3 Å². The van der Waals surface area contributed by atoms with Crippen LogP contribution in [0, 0.1) is 0 Å². The summed E-state index contributed by atoms with van der Waals surface area (Å²) in [4.78, 5) is 28.8. The van der Waals surface area contributed by atoms with Crippen molar-refractivity contribution in [2.24, 2.45) is 0 Å². The van der Waals surface area contributed by atoms with Crippen LogP contribution in [0.5, 0.6) is 17.2 Å². The largest absolute Gasteiger partial charge is 0.493 e. The molecule has 0 aliphatic carbocycles. The molecular weight excluding hydrogens is 396 g/mol. The summed E-state index contributed by atoms with van der Waals surface area (Å²) in [5, 5.41) is 0. The molecule has 1 heterocycles. The fourth-order valence-corrected chi connectivity index (χ4v) is 3.65. The van der Waals surface area contributed by atoms with E-state index in [1.807, 2.05) is 36.4 Å². The Morgan fingerprint density at radius 3 is 2.13 bits per heavy atom. The van der Waals surface area contributed by atoms with E-state index in [1.165, 1.54) is 0 Å². The SMILES string of the molecule is CCc1ccccc1OCC(=O)N1CCN(C(=O)Cc2ccc(OC)c(OC)c2)CC1. The number of rotatable bonds is 8. The zero-order valence-corrected chi connectivity index (χ0v) is 18.4. The van der Waals surface area contributed by atoms with E-state index < -0.39 is 0 Å². The molecular formula is C24H30N2O5. The molecule has 7 heteroatoms. The molecule has 0 saturated carbocycles. The van der Waals surface area contributed by atoms with Gasteiger partial charge in [0, 0.05) is 26.2 Å². The molecule has 0 unspecified atom stereocenters. The first-order valence-corrected chi connectivity index (χ1v) is 10.5. The Bertz CT molecular complexity index is 907. The number of hydrogen-bond acceptors (Lipinski definition) is 5. The highest BCUT2D eigenvalue weighted by Gasteiger charge is 2.24. The van der Waals surface area contributed by atoms with Gasteiger partial charge < -0.3 is 24.0 Å². The van der Waals surface area contributed by atoms with E-state index in [2.05, 4.69) is 6.92 Å². The van der Waals surface area contributed by atoms with Crippen LogP contribution in [0.15, 0.2) is 42.5 Å². The van der Waals surface area contributed by atoms with Gasteiger partial charge in [-0.15, -0.1) is 0 Å². The van der Waals surface area contributed by atoms with Crippen LogP contribution < -0.4 is 14.2 Å². The molecule has 166 valence electrons. The second kappa shape index (κ2) is 10.7. The van der Waals surface area contributed by atoms with Gasteiger partial charge in [0.1, 0.15) is 5.75 Å². The molecule has 2 aromatic rings. The number of benzene rings is 2. The first kappa shape index (κ1) is 22.5. The minimum atomic E-state index is -0.0575. The minimum Gasteiger partial charge on any atom is -0.493 e. The Kier molecular flexibility index (Phi) is 7.76. The van der Waals surface area contributed by atoms with Gasteiger partial charge in [0.05, 0.1) is 20.6 Å². The molecule has 2 aromatic carbocycles. The average molecular weight is 427 g/mol. The van der Waals surface area contributed by atoms with Crippen LogP contribution in [-0.2, 0) is 22.4 Å². The number of amides is 2. The summed E-state index contributed by atoms with van der Waals surface area (Å²) in [7, 11) is 3.15. The zero-order chi connectivity index (χ0) is 22.2. The van der Waals surface area contributed by atoms with Gasteiger partial charge in [-0.1, -0.05) is 31.2 Å². The zero-order valence-electron chi connectivity index (χ0n) is 18.4. The summed E-state index contributed by atoms with van der Waals surface area (Å²) in [5.41, 5.74) is 1.95. The molecule has 3 rings (SSSR count). The van der Waals surface area contributed by atoms with Crippen molar-refractivity contribution in [3.63, 3.8) is 0 Å². The first-order chi connectivity index (χ1) is 15.0. The summed E-state index contributed by atoms with van der Waals surface area (Å²) < 4.78 is 16.3. The quantitative estimate of drug-likeness (QED) is 0.649. The lowest BCUT2D eigenvalue weighted by Crippen LogP contribution is -2.52. The van der Waals surface area contributed by atoms with Crippen molar-refractivity contribution in [3.8, 4) is 17.2 Å². The number of hydrogen-bond donors (Lipinski definition) is 0. The maximum Gasteiger partial charge on any atom is 0.260 e. The molecule has 0 aromatic heterocycles. The Labute approximate surface area is 183 Å². The summed E-state index contributed by atoms with van der Waals surface area (Å²) in [6.07, 6.45) is 1.14. The molecule has 31 heavy (non-hydrogen) atoms. The molecule has 2 amide bonds. The summed E-state index contributed by atoms with van der Waals surface area (Å²) in [6, 6.07) is 13.2. The van der Waals surface area contributed by atoms with Crippen LogP contribution in [0.1, 0.15) is 18.1 Å². The van der Waals surface area contributed by atoms with Gasteiger partial charge in [0.15, 0.2) is 18.1 Å². The molecule has 0 spiro atoms. The molecule has 1 aliphatic heterocycles. The van der Waals surface area contributed by atoms with E-state index in [0.29, 0.717) is 37.7 Å². The third-order valence-corrected chi connectivity index (χ3v) is 5.49. The van der Waals surface area contributed by atoms with Crippen molar-refractivity contribution < 1.29 is 23.8 Å². The average Bonchev–Trinajstić information content (AvgIpc) is 2.82. The number of aryl methyl sites for hydroxylation is 1. The van der Waals surface area contributed by atoms with Gasteiger partial charge in [-0.05, 0) is 35.7 Å². The maximum absolute atomic E-state index is 12.7. The van der Waals surface area contributed by atoms with E-state index in [0.717, 1.165) is 23.3 Å². The molecule has 7 nitrogen and oxygen atoms in total. The molecule has 0 radical (unpaired) electrons. The third-order valence-electron chi connectivity index (χ3n) is 5.49. The first-order valence-electron chi connectivity index (χ1n) is 10.5. The molecule has 1 fully saturated rings. The van der Waals surface area contributed by atoms with E-state index >= 15 is 0 Å². The summed E-state index contributed by atoms with van der Waals surface area (Å²) in [5.74, 6) is 1.97. The number of para-hydroxylation sites is 1. The number of carbonyl (C=O) groups is 2. The Morgan fingerprint density at radius 2 is 1.48 bits per heavy atom. The molecule has 0 bridgehead atoms. The van der Waals surface area contributed by atoms with Gasteiger partial charge in [0.25, 0.3) is 5.91 Å². The van der Waals surface area contributed by atoms with Crippen LogP contribution in [-0.4, -0.2) is 68.6 Å². The van der Waals surface area contributed by atoms with Crippen molar-refractivity contribution in [1.29, 1.82) is 0 Å².